The van der Waals surface area contributed by atoms with Crippen molar-refractivity contribution in [2.75, 3.05) is 0 Å². The molecule has 0 aromatic rings. The van der Waals surface area contributed by atoms with E-state index in [0.29, 0.717) is 12.3 Å². The first-order valence-corrected chi connectivity index (χ1v) is 3.84. The van der Waals surface area contributed by atoms with Crippen LogP contribution in [0.15, 0.2) is 0 Å². The average molecular weight is 163 g/mol. The summed E-state index contributed by atoms with van der Waals surface area (Å²) < 4.78 is 0. The minimum absolute atomic E-state index is 0.411. The van der Waals surface area contributed by atoms with Gasteiger partial charge in [0.25, 0.3) is 0 Å². The van der Waals surface area contributed by atoms with Crippen LogP contribution in [0.4, 0.5) is 0 Å². The van der Waals surface area contributed by atoms with Gasteiger partial charge in [0.05, 0.1) is 0 Å². The molecular formula is C6H14NO2P. The van der Waals surface area contributed by atoms with Gasteiger partial charge in [-0.1, -0.05) is 23.2 Å². The number of hydrogen-bond acceptors (Lipinski definition) is 2. The predicted octanol–water partition coefficient (Wildman–Crippen LogP) is 0.865. The molecule has 2 N–H and O–H groups in total. The topological polar surface area (TPSA) is 49.3 Å². The van der Waals surface area contributed by atoms with E-state index in [1.165, 1.54) is 0 Å². The highest BCUT2D eigenvalue weighted by atomic mass is 31.0. The Morgan fingerprint density at radius 1 is 1.70 bits per heavy atom. The Morgan fingerprint density at radius 3 is 2.30 bits per heavy atom. The standard InChI is InChI=1S/C6H14NO2P/c1-4(2)3-5(7-10)6(8)9/h4-5,7H,3,10H2,1-2H3,(H,8,9)/t5-/m0/s1. The van der Waals surface area contributed by atoms with E-state index in [9.17, 15) is 4.79 Å². The van der Waals surface area contributed by atoms with E-state index >= 15 is 0 Å². The number of carbonyl (C=O) groups is 1. The molecule has 0 aliphatic carbocycles. The van der Waals surface area contributed by atoms with Crippen LogP contribution in [0, 0.1) is 5.92 Å². The van der Waals surface area contributed by atoms with Gasteiger partial charge < -0.3 is 5.11 Å². The summed E-state index contributed by atoms with van der Waals surface area (Å²) in [6.07, 6.45) is 0.666. The van der Waals surface area contributed by atoms with Crippen molar-refractivity contribution in [1.29, 1.82) is 0 Å². The second kappa shape index (κ2) is 4.64. The van der Waals surface area contributed by atoms with Gasteiger partial charge in [-0.2, -0.15) is 0 Å². The Hall–Kier alpha value is -0.140. The highest BCUT2D eigenvalue weighted by Crippen LogP contribution is 2.05. The molecule has 0 fully saturated rings. The van der Waals surface area contributed by atoms with E-state index in [0.717, 1.165) is 0 Å². The maximum absolute atomic E-state index is 10.4. The summed E-state index contributed by atoms with van der Waals surface area (Å²) in [6.45, 7) is 4.00. The highest BCUT2D eigenvalue weighted by Gasteiger charge is 2.15. The van der Waals surface area contributed by atoms with Crippen LogP contribution in [0.2, 0.25) is 0 Å². The van der Waals surface area contributed by atoms with Crippen molar-refractivity contribution in [1.82, 2.24) is 5.09 Å². The van der Waals surface area contributed by atoms with E-state index in [-0.39, 0.29) is 0 Å². The van der Waals surface area contributed by atoms with Crippen LogP contribution in [0.1, 0.15) is 20.3 Å². The summed E-state index contributed by atoms with van der Waals surface area (Å²) >= 11 is 0. The average Bonchev–Trinajstić information content (AvgIpc) is 1.81. The van der Waals surface area contributed by atoms with Crippen LogP contribution in [-0.4, -0.2) is 17.1 Å². The molecule has 0 spiro atoms. The quantitative estimate of drug-likeness (QED) is 0.604. The Labute approximate surface area is 63.5 Å². The van der Waals surface area contributed by atoms with Gasteiger partial charge in [-0.05, 0) is 12.3 Å². The lowest BCUT2D eigenvalue weighted by molar-refractivity contribution is -0.139. The van der Waals surface area contributed by atoms with Crippen molar-refractivity contribution in [2.45, 2.75) is 26.3 Å². The van der Waals surface area contributed by atoms with E-state index in [1.54, 1.807) is 0 Å². The molecule has 0 aliphatic heterocycles. The Kier molecular flexibility index (Phi) is 4.58. The summed E-state index contributed by atoms with van der Waals surface area (Å²) in [6, 6.07) is -0.426. The molecule has 0 heterocycles. The van der Waals surface area contributed by atoms with Gasteiger partial charge in [0.1, 0.15) is 6.04 Å². The van der Waals surface area contributed by atoms with Gasteiger partial charge in [-0.15, -0.1) is 0 Å². The predicted molar refractivity (Wildman–Crippen MR) is 43.7 cm³/mol. The van der Waals surface area contributed by atoms with Gasteiger partial charge in [-0.3, -0.25) is 9.88 Å². The molecule has 2 atom stereocenters. The lowest BCUT2D eigenvalue weighted by Gasteiger charge is -2.12. The largest absolute Gasteiger partial charge is 0.480 e. The lowest BCUT2D eigenvalue weighted by Crippen LogP contribution is -2.31. The summed E-state index contributed by atoms with van der Waals surface area (Å²) in [5.41, 5.74) is 0. The summed E-state index contributed by atoms with van der Waals surface area (Å²) in [5.74, 6) is -0.377. The van der Waals surface area contributed by atoms with E-state index < -0.39 is 12.0 Å². The third kappa shape index (κ3) is 3.80. The number of aliphatic carboxylic acids is 1. The Morgan fingerprint density at radius 2 is 2.20 bits per heavy atom. The van der Waals surface area contributed by atoms with Crippen LogP contribution in [0.5, 0.6) is 0 Å². The maximum atomic E-state index is 10.4. The van der Waals surface area contributed by atoms with Crippen molar-refractivity contribution in [3.8, 4) is 0 Å². The van der Waals surface area contributed by atoms with Crippen molar-refractivity contribution in [3.63, 3.8) is 0 Å². The van der Waals surface area contributed by atoms with E-state index in [1.807, 2.05) is 13.8 Å². The first-order chi connectivity index (χ1) is 4.57. The van der Waals surface area contributed by atoms with Gasteiger partial charge >= 0.3 is 5.97 Å². The minimum atomic E-state index is -0.788. The maximum Gasteiger partial charge on any atom is 0.320 e. The molecule has 0 rings (SSSR count). The zero-order valence-electron chi connectivity index (χ0n) is 6.29. The molecule has 4 heteroatoms. The SMILES string of the molecule is CC(C)C[C@H](NP)C(=O)O. The number of hydrogen-bond donors (Lipinski definition) is 2. The second-order valence-corrected chi connectivity index (χ2v) is 3.02. The van der Waals surface area contributed by atoms with Crippen molar-refractivity contribution in [2.24, 2.45) is 5.92 Å². The second-order valence-electron chi connectivity index (χ2n) is 2.69. The zero-order chi connectivity index (χ0) is 8.15. The molecule has 0 amide bonds. The van der Waals surface area contributed by atoms with E-state index in [2.05, 4.69) is 14.5 Å². The van der Waals surface area contributed by atoms with Crippen LogP contribution in [0.3, 0.4) is 0 Å². The monoisotopic (exact) mass is 163 g/mol. The normalized spacial score (nSPS) is 13.6. The molecule has 1 unspecified atom stereocenters. The third-order valence-electron chi connectivity index (χ3n) is 1.21. The number of carboxylic acid groups (broad SMARTS) is 1. The fraction of sp³-hybridized carbons (Fsp3) is 0.833. The summed E-state index contributed by atoms with van der Waals surface area (Å²) in [5, 5.41) is 11.2. The fourth-order valence-corrected chi connectivity index (χ4v) is 0.990. The molecule has 10 heavy (non-hydrogen) atoms. The first kappa shape index (κ1) is 9.86. The van der Waals surface area contributed by atoms with Gasteiger partial charge in [0, 0.05) is 0 Å². The fourth-order valence-electron chi connectivity index (χ4n) is 0.712. The van der Waals surface area contributed by atoms with Crippen molar-refractivity contribution >= 4 is 15.4 Å². The molecule has 0 bridgehead atoms. The summed E-state index contributed by atoms with van der Waals surface area (Å²) in [4.78, 5) is 10.4. The van der Waals surface area contributed by atoms with Crippen LogP contribution in [-0.2, 0) is 4.79 Å². The molecule has 60 valence electrons. The molecule has 0 saturated heterocycles. The van der Waals surface area contributed by atoms with Crippen molar-refractivity contribution < 1.29 is 9.90 Å². The van der Waals surface area contributed by atoms with Gasteiger partial charge in [-0.25, -0.2) is 0 Å². The van der Waals surface area contributed by atoms with Crippen molar-refractivity contribution in [3.05, 3.63) is 0 Å². The molecule has 0 aliphatic rings. The van der Waals surface area contributed by atoms with Crippen LogP contribution >= 0.6 is 9.39 Å². The molecule has 0 radical (unpaired) electrons. The van der Waals surface area contributed by atoms with Crippen LogP contribution in [0.25, 0.3) is 0 Å². The lowest BCUT2D eigenvalue weighted by atomic mass is 10.1. The summed E-state index contributed by atoms with van der Waals surface area (Å²) in [7, 11) is 2.22. The Balaban J connectivity index is 3.72. The van der Waals surface area contributed by atoms with Crippen LogP contribution < -0.4 is 5.09 Å². The van der Waals surface area contributed by atoms with E-state index in [4.69, 9.17) is 5.11 Å². The van der Waals surface area contributed by atoms with Gasteiger partial charge in [0.2, 0.25) is 0 Å². The third-order valence-corrected chi connectivity index (χ3v) is 1.61. The highest BCUT2D eigenvalue weighted by molar-refractivity contribution is 7.13. The Bertz CT molecular complexity index is 116. The number of carboxylic acids is 1. The smallest absolute Gasteiger partial charge is 0.320 e. The van der Waals surface area contributed by atoms with Gasteiger partial charge in [0.15, 0.2) is 0 Å². The number of rotatable bonds is 4. The zero-order valence-corrected chi connectivity index (χ0v) is 7.45. The molecule has 0 aromatic heterocycles. The first-order valence-electron chi connectivity index (χ1n) is 3.26. The number of nitrogens with one attached hydrogen (secondary N) is 1. The molecule has 3 nitrogen and oxygen atoms in total. The molecule has 0 aromatic carbocycles. The molecule has 0 saturated carbocycles. The minimum Gasteiger partial charge on any atom is -0.480 e. The molecular weight excluding hydrogens is 149 g/mol.